The third-order valence-electron chi connectivity index (χ3n) is 1.13. The van der Waals surface area contributed by atoms with E-state index in [1.165, 1.54) is 0 Å². The molecule has 0 atom stereocenters. The van der Waals surface area contributed by atoms with Crippen molar-refractivity contribution in [3.05, 3.63) is 0 Å². The van der Waals surface area contributed by atoms with Crippen LogP contribution in [-0.2, 0) is 12.3 Å². The van der Waals surface area contributed by atoms with Crippen LogP contribution in [-0.4, -0.2) is 35.2 Å². The lowest BCUT2D eigenvalue weighted by Crippen LogP contribution is -2.48. The molecule has 86 valence electrons. The van der Waals surface area contributed by atoms with Crippen LogP contribution in [0.4, 0.5) is 0 Å². The molecule has 0 fully saturated rings. The summed E-state index contributed by atoms with van der Waals surface area (Å²) in [5.74, 6) is 0. The predicted octanol–water partition coefficient (Wildman–Crippen LogP) is 1.66. The van der Waals surface area contributed by atoms with Crippen molar-refractivity contribution >= 4 is 46.3 Å². The van der Waals surface area contributed by atoms with Gasteiger partial charge in [-0.2, -0.15) is 0 Å². The molecule has 0 aromatic carbocycles. The van der Waals surface area contributed by atoms with E-state index in [1.54, 1.807) is 0 Å². The fourth-order valence-corrected chi connectivity index (χ4v) is 14.7. The number of hydrogen-bond acceptors (Lipinski definition) is 3. The van der Waals surface area contributed by atoms with Gasteiger partial charge in [-0.3, -0.25) is 0 Å². The Morgan fingerprint density at radius 3 is 1.07 bits per heavy atom. The van der Waals surface area contributed by atoms with Gasteiger partial charge in [-0.05, 0) is 39.3 Å². The van der Waals surface area contributed by atoms with Gasteiger partial charge in [0.1, 0.15) is 0 Å². The second-order valence-corrected chi connectivity index (χ2v) is 15.5. The highest BCUT2D eigenvalue weighted by atomic mass is 35.6. The molecule has 0 bridgehead atoms. The monoisotopic (exact) mass is 288 g/mol. The van der Waals surface area contributed by atoms with Gasteiger partial charge in [-0.1, -0.05) is 11.1 Å². The van der Waals surface area contributed by atoms with Gasteiger partial charge in [-0.25, -0.2) is 0 Å². The lowest BCUT2D eigenvalue weighted by molar-refractivity contribution is 0.302. The minimum atomic E-state index is -2.78. The Bertz CT molecular complexity index is 141. The van der Waals surface area contributed by atoms with Crippen LogP contribution in [0.1, 0.15) is 0 Å². The summed E-state index contributed by atoms with van der Waals surface area (Å²) in [7, 11) is -6.35. The Kier molecular flexibility index (Phi) is 7.07. The van der Waals surface area contributed by atoms with Gasteiger partial charge in [-0.15, -0.1) is 0 Å². The summed E-state index contributed by atoms with van der Waals surface area (Å²) < 4.78 is 17.2. The van der Waals surface area contributed by atoms with Crippen molar-refractivity contribution in [1.29, 1.82) is 0 Å². The van der Waals surface area contributed by atoms with E-state index in [0.29, 0.717) is 0 Å². The maximum Gasteiger partial charge on any atom is 0.581 e. The molecule has 0 unspecified atom stereocenters. The molecule has 0 rings (SSSR count). The van der Waals surface area contributed by atoms with Gasteiger partial charge in [0.15, 0.2) is 27.1 Å². The van der Waals surface area contributed by atoms with Crippen LogP contribution in [0.25, 0.3) is 0 Å². The van der Waals surface area contributed by atoms with Gasteiger partial charge in [0.2, 0.25) is 0 Å². The van der Waals surface area contributed by atoms with Crippen LogP contribution in [0.2, 0.25) is 39.3 Å². The molecule has 0 aromatic rings. The third-order valence-corrected chi connectivity index (χ3v) is 12.6. The van der Waals surface area contributed by atoms with Crippen molar-refractivity contribution in [2.45, 2.75) is 39.3 Å². The zero-order valence-corrected chi connectivity index (χ0v) is 15.1. The fraction of sp³-hybridized carbons (Fsp3) is 1.00. The first-order valence-electron chi connectivity index (χ1n) is 4.97. The van der Waals surface area contributed by atoms with Crippen molar-refractivity contribution in [2.75, 3.05) is 0 Å². The highest BCUT2D eigenvalue weighted by molar-refractivity contribution is 7.14. The van der Waals surface area contributed by atoms with Gasteiger partial charge in [0.05, 0.1) is 0 Å². The van der Waals surface area contributed by atoms with E-state index in [0.717, 1.165) is 0 Å². The van der Waals surface area contributed by atoms with Crippen molar-refractivity contribution in [2.24, 2.45) is 0 Å². The van der Waals surface area contributed by atoms with E-state index >= 15 is 0 Å². The van der Waals surface area contributed by atoms with Crippen LogP contribution in [0.15, 0.2) is 0 Å². The van der Waals surface area contributed by atoms with Crippen LogP contribution >= 0.6 is 11.1 Å². The SMILES string of the molecule is C[SiH](C)O[Si](Cl)(O[SiH](C)C)O[SiH](C)C. The van der Waals surface area contributed by atoms with Gasteiger partial charge in [0.25, 0.3) is 0 Å². The van der Waals surface area contributed by atoms with E-state index in [9.17, 15) is 0 Å². The largest absolute Gasteiger partial charge is 0.581 e. The normalized spacial score (nSPS) is 13.3. The number of rotatable bonds is 6. The van der Waals surface area contributed by atoms with Crippen molar-refractivity contribution < 1.29 is 12.3 Å². The summed E-state index contributed by atoms with van der Waals surface area (Å²) in [6.45, 7) is 12.5. The molecule has 0 radical (unpaired) electrons. The second kappa shape index (κ2) is 6.58. The first-order chi connectivity index (χ1) is 6.25. The molecule has 14 heavy (non-hydrogen) atoms. The number of halogens is 1. The summed E-state index contributed by atoms with van der Waals surface area (Å²) in [6, 6.07) is 0. The lowest BCUT2D eigenvalue weighted by Gasteiger charge is -2.29. The first kappa shape index (κ1) is 15.0. The molecule has 0 amide bonds. The highest BCUT2D eigenvalue weighted by Crippen LogP contribution is 2.18. The smallest absolute Gasteiger partial charge is 0.408 e. The molecule has 0 saturated heterocycles. The first-order valence-corrected chi connectivity index (χ1v) is 16.1. The van der Waals surface area contributed by atoms with Crippen LogP contribution < -0.4 is 0 Å². The van der Waals surface area contributed by atoms with E-state index < -0.39 is 35.2 Å². The van der Waals surface area contributed by atoms with Crippen molar-refractivity contribution in [3.63, 3.8) is 0 Å². The lowest BCUT2D eigenvalue weighted by atomic mass is 11.9. The highest BCUT2D eigenvalue weighted by Gasteiger charge is 2.41. The maximum atomic E-state index is 6.30. The fourth-order valence-electron chi connectivity index (χ4n) is 0.928. The molecule has 8 heteroatoms. The zero-order valence-electron chi connectivity index (χ0n) is 9.83. The molecule has 0 aliphatic heterocycles. The molecule has 0 N–H and O–H groups in total. The van der Waals surface area contributed by atoms with Crippen molar-refractivity contribution in [3.8, 4) is 0 Å². The van der Waals surface area contributed by atoms with E-state index in [1.807, 2.05) is 0 Å². The molecular formula is C6H21ClO3Si4. The van der Waals surface area contributed by atoms with Gasteiger partial charge >= 0.3 is 8.11 Å². The standard InChI is InChI=1S/C6H21ClO3Si4/c1-11(2)8-14(7,9-12(3)4)10-13(5)6/h11-13H,1-6H3. The van der Waals surface area contributed by atoms with Crippen LogP contribution in [0, 0.1) is 0 Å². The topological polar surface area (TPSA) is 27.7 Å². The maximum absolute atomic E-state index is 6.30. The Balaban J connectivity index is 4.32. The summed E-state index contributed by atoms with van der Waals surface area (Å²) >= 11 is 6.30. The molecule has 0 aromatic heterocycles. The predicted molar refractivity (Wildman–Crippen MR) is 71.5 cm³/mol. The summed E-state index contributed by atoms with van der Waals surface area (Å²) in [6.07, 6.45) is 0. The Labute approximate surface area is 98.0 Å². The quantitative estimate of drug-likeness (QED) is 0.550. The van der Waals surface area contributed by atoms with Gasteiger partial charge < -0.3 is 12.3 Å². The number of hydrogen-bond donors (Lipinski definition) is 0. The average Bonchev–Trinajstić information content (AvgIpc) is 1.76. The van der Waals surface area contributed by atoms with Gasteiger partial charge in [0, 0.05) is 0 Å². The van der Waals surface area contributed by atoms with E-state index in [4.69, 9.17) is 23.4 Å². The van der Waals surface area contributed by atoms with E-state index in [2.05, 4.69) is 39.3 Å². The molecule has 0 aliphatic carbocycles. The third kappa shape index (κ3) is 7.35. The second-order valence-electron chi connectivity index (χ2n) is 3.98. The van der Waals surface area contributed by atoms with Crippen molar-refractivity contribution in [1.82, 2.24) is 0 Å². The summed E-state index contributed by atoms with van der Waals surface area (Å²) in [4.78, 5) is 0. The molecule has 3 nitrogen and oxygen atoms in total. The molecular weight excluding hydrogens is 268 g/mol. The Morgan fingerprint density at radius 2 is 0.929 bits per heavy atom. The minimum Gasteiger partial charge on any atom is -0.408 e. The van der Waals surface area contributed by atoms with Crippen LogP contribution in [0.3, 0.4) is 0 Å². The zero-order chi connectivity index (χ0) is 11.4. The molecule has 0 heterocycles. The summed E-state index contributed by atoms with van der Waals surface area (Å²) in [5.41, 5.74) is 0. The Hall–Kier alpha value is 1.04. The summed E-state index contributed by atoms with van der Waals surface area (Å²) in [5, 5.41) is 0. The Morgan fingerprint density at radius 1 is 0.714 bits per heavy atom. The van der Waals surface area contributed by atoms with E-state index in [-0.39, 0.29) is 0 Å². The van der Waals surface area contributed by atoms with Crippen LogP contribution in [0.5, 0.6) is 0 Å². The molecule has 0 aliphatic rings. The molecule has 0 saturated carbocycles. The minimum absolute atomic E-state index is 1.19. The molecule has 0 spiro atoms. The average molecular weight is 289 g/mol.